The Morgan fingerprint density at radius 3 is 2.37 bits per heavy atom. The van der Waals surface area contributed by atoms with Crippen molar-refractivity contribution in [2.24, 2.45) is 5.92 Å². The molecule has 1 aromatic carbocycles. The van der Waals surface area contributed by atoms with Crippen LogP contribution in [0.25, 0.3) is 0 Å². The predicted octanol–water partition coefficient (Wildman–Crippen LogP) is 3.08. The van der Waals surface area contributed by atoms with E-state index < -0.39 is 0 Å². The number of benzene rings is 1. The van der Waals surface area contributed by atoms with Gasteiger partial charge in [-0.05, 0) is 37.1 Å². The molecule has 1 unspecified atom stereocenters. The van der Waals surface area contributed by atoms with Crippen LogP contribution in [0.15, 0.2) is 24.3 Å². The summed E-state index contributed by atoms with van der Waals surface area (Å²) in [5, 5.41) is 3.36. The molecule has 0 saturated carbocycles. The topological polar surface area (TPSA) is 47.6 Å². The van der Waals surface area contributed by atoms with Crippen molar-refractivity contribution >= 4 is 11.7 Å². The Labute approximate surface area is 115 Å². The molecule has 106 valence electrons. The fourth-order valence-corrected chi connectivity index (χ4v) is 1.75. The fraction of sp³-hybridized carbons (Fsp3) is 0.533. The van der Waals surface area contributed by atoms with Gasteiger partial charge in [-0.25, -0.2) is 0 Å². The van der Waals surface area contributed by atoms with Crippen LogP contribution in [0.1, 0.15) is 27.2 Å². The Morgan fingerprint density at radius 1 is 1.26 bits per heavy atom. The second-order valence-corrected chi connectivity index (χ2v) is 4.73. The molecule has 1 aromatic rings. The summed E-state index contributed by atoms with van der Waals surface area (Å²) in [6, 6.07) is 7.74. The number of ether oxygens (including phenoxy) is 2. The lowest BCUT2D eigenvalue weighted by atomic mass is 10.0. The predicted molar refractivity (Wildman–Crippen MR) is 76.5 cm³/mol. The lowest BCUT2D eigenvalue weighted by Crippen LogP contribution is -2.29. The number of methoxy groups -OCH3 is 1. The van der Waals surface area contributed by atoms with Crippen molar-refractivity contribution in [2.45, 2.75) is 33.2 Å². The summed E-state index contributed by atoms with van der Waals surface area (Å²) in [5.41, 5.74) is 0.976. The molecule has 0 aromatic heterocycles. The number of hydrogen-bond acceptors (Lipinski definition) is 4. The number of esters is 1. The Kier molecular flexibility index (Phi) is 6.19. The average molecular weight is 265 g/mol. The number of anilines is 1. The monoisotopic (exact) mass is 265 g/mol. The van der Waals surface area contributed by atoms with Crippen LogP contribution in [0.5, 0.6) is 5.75 Å². The molecule has 4 heteroatoms. The molecule has 1 atom stereocenters. The summed E-state index contributed by atoms with van der Waals surface area (Å²) in [7, 11) is 1.64. The third-order valence-corrected chi connectivity index (χ3v) is 2.94. The van der Waals surface area contributed by atoms with Gasteiger partial charge in [0.1, 0.15) is 5.75 Å². The maximum absolute atomic E-state index is 11.6. The Bertz CT molecular complexity index is 387. The van der Waals surface area contributed by atoms with E-state index in [-0.39, 0.29) is 12.0 Å². The molecule has 1 rings (SSSR count). The molecule has 0 heterocycles. The van der Waals surface area contributed by atoms with Crippen molar-refractivity contribution in [1.29, 1.82) is 0 Å². The van der Waals surface area contributed by atoms with E-state index in [2.05, 4.69) is 19.2 Å². The minimum atomic E-state index is -0.165. The Morgan fingerprint density at radius 2 is 1.89 bits per heavy atom. The van der Waals surface area contributed by atoms with Crippen LogP contribution < -0.4 is 10.1 Å². The largest absolute Gasteiger partial charge is 0.497 e. The lowest BCUT2D eigenvalue weighted by Gasteiger charge is -2.22. The van der Waals surface area contributed by atoms with Gasteiger partial charge in [0.15, 0.2) is 0 Å². The summed E-state index contributed by atoms with van der Waals surface area (Å²) in [5.74, 6) is 0.991. The maximum atomic E-state index is 11.6. The quantitative estimate of drug-likeness (QED) is 0.770. The van der Waals surface area contributed by atoms with Gasteiger partial charge in [-0.1, -0.05) is 13.8 Å². The first-order valence-corrected chi connectivity index (χ1v) is 6.63. The first-order chi connectivity index (χ1) is 9.06. The van der Waals surface area contributed by atoms with Crippen LogP contribution in [0.4, 0.5) is 5.69 Å². The first kappa shape index (κ1) is 15.3. The highest BCUT2D eigenvalue weighted by Crippen LogP contribution is 2.19. The molecule has 0 fully saturated rings. The minimum absolute atomic E-state index is 0.0624. The summed E-state index contributed by atoms with van der Waals surface area (Å²) in [6.07, 6.45) is 0.373. The van der Waals surface area contributed by atoms with Gasteiger partial charge < -0.3 is 14.8 Å². The zero-order valence-electron chi connectivity index (χ0n) is 12.1. The number of nitrogens with one attached hydrogen (secondary N) is 1. The number of carbonyl (C=O) groups excluding carboxylic acids is 1. The summed E-state index contributed by atoms with van der Waals surface area (Å²) in [6.45, 7) is 6.41. The molecule has 0 aliphatic heterocycles. The highest BCUT2D eigenvalue weighted by Gasteiger charge is 2.18. The van der Waals surface area contributed by atoms with Gasteiger partial charge in [-0.3, -0.25) is 4.79 Å². The van der Waals surface area contributed by atoms with Crippen molar-refractivity contribution in [1.82, 2.24) is 0 Å². The minimum Gasteiger partial charge on any atom is -0.497 e. The molecular weight excluding hydrogens is 242 g/mol. The molecule has 0 saturated heterocycles. The summed E-state index contributed by atoms with van der Waals surface area (Å²) < 4.78 is 10.1. The zero-order chi connectivity index (χ0) is 14.3. The molecule has 19 heavy (non-hydrogen) atoms. The molecular formula is C15H23NO3. The SMILES string of the molecule is CCOC(=O)CC(Nc1ccc(OC)cc1)C(C)C. The van der Waals surface area contributed by atoms with Crippen LogP contribution in [-0.2, 0) is 9.53 Å². The van der Waals surface area contributed by atoms with Gasteiger partial charge in [-0.2, -0.15) is 0 Å². The number of hydrogen-bond donors (Lipinski definition) is 1. The zero-order valence-corrected chi connectivity index (χ0v) is 12.1. The normalized spacial score (nSPS) is 12.1. The smallest absolute Gasteiger partial charge is 0.307 e. The second kappa shape index (κ2) is 7.67. The highest BCUT2D eigenvalue weighted by molar-refractivity contribution is 5.70. The van der Waals surface area contributed by atoms with Crippen LogP contribution >= 0.6 is 0 Å². The van der Waals surface area contributed by atoms with Crippen molar-refractivity contribution < 1.29 is 14.3 Å². The van der Waals surface area contributed by atoms with Crippen molar-refractivity contribution in [3.05, 3.63) is 24.3 Å². The van der Waals surface area contributed by atoms with Crippen molar-refractivity contribution in [3.63, 3.8) is 0 Å². The average Bonchev–Trinajstić information content (AvgIpc) is 2.39. The third-order valence-electron chi connectivity index (χ3n) is 2.94. The molecule has 1 N–H and O–H groups in total. The molecule has 4 nitrogen and oxygen atoms in total. The van der Waals surface area contributed by atoms with Gasteiger partial charge in [0.2, 0.25) is 0 Å². The molecule has 0 spiro atoms. The van der Waals surface area contributed by atoms with E-state index in [9.17, 15) is 4.79 Å². The highest BCUT2D eigenvalue weighted by atomic mass is 16.5. The van der Waals surface area contributed by atoms with E-state index in [1.807, 2.05) is 31.2 Å². The van der Waals surface area contributed by atoms with Gasteiger partial charge >= 0.3 is 5.97 Å². The van der Waals surface area contributed by atoms with Gasteiger partial charge in [0.05, 0.1) is 20.1 Å². The van der Waals surface area contributed by atoms with E-state index in [1.165, 1.54) is 0 Å². The molecule has 0 aliphatic rings. The van der Waals surface area contributed by atoms with Gasteiger partial charge in [0, 0.05) is 11.7 Å². The second-order valence-electron chi connectivity index (χ2n) is 4.73. The number of carbonyl (C=O) groups is 1. The third kappa shape index (κ3) is 5.20. The van der Waals surface area contributed by atoms with Crippen LogP contribution in [0.2, 0.25) is 0 Å². The first-order valence-electron chi connectivity index (χ1n) is 6.63. The van der Waals surface area contributed by atoms with Gasteiger partial charge in [-0.15, -0.1) is 0 Å². The Hall–Kier alpha value is -1.71. The van der Waals surface area contributed by atoms with Gasteiger partial charge in [0.25, 0.3) is 0 Å². The van der Waals surface area contributed by atoms with E-state index in [4.69, 9.17) is 9.47 Å². The van der Waals surface area contributed by atoms with Crippen molar-refractivity contribution in [2.75, 3.05) is 19.0 Å². The summed E-state index contributed by atoms with van der Waals surface area (Å²) >= 11 is 0. The molecule has 0 bridgehead atoms. The fourth-order valence-electron chi connectivity index (χ4n) is 1.75. The summed E-state index contributed by atoms with van der Waals surface area (Å²) in [4.78, 5) is 11.6. The molecule has 0 aliphatic carbocycles. The number of rotatable bonds is 7. The lowest BCUT2D eigenvalue weighted by molar-refractivity contribution is -0.143. The standard InChI is InChI=1S/C15H23NO3/c1-5-19-15(17)10-14(11(2)3)16-12-6-8-13(18-4)9-7-12/h6-9,11,14,16H,5,10H2,1-4H3. The molecule has 0 radical (unpaired) electrons. The van der Waals surface area contributed by atoms with Crippen LogP contribution in [0.3, 0.4) is 0 Å². The van der Waals surface area contributed by atoms with E-state index in [1.54, 1.807) is 7.11 Å². The Balaban J connectivity index is 2.64. The van der Waals surface area contributed by atoms with Crippen molar-refractivity contribution in [3.8, 4) is 5.75 Å². The maximum Gasteiger partial charge on any atom is 0.307 e. The van der Waals surface area contributed by atoms with Crippen LogP contribution in [0, 0.1) is 5.92 Å². The van der Waals surface area contributed by atoms with E-state index >= 15 is 0 Å². The molecule has 0 amide bonds. The van der Waals surface area contributed by atoms with Crippen LogP contribution in [-0.4, -0.2) is 25.7 Å². The van der Waals surface area contributed by atoms with E-state index in [0.29, 0.717) is 18.9 Å². The van der Waals surface area contributed by atoms with E-state index in [0.717, 1.165) is 11.4 Å².